The van der Waals surface area contributed by atoms with Gasteiger partial charge in [0, 0.05) is 17.1 Å². The van der Waals surface area contributed by atoms with Crippen molar-refractivity contribution in [1.82, 2.24) is 5.32 Å². The van der Waals surface area contributed by atoms with E-state index in [9.17, 15) is 0 Å². The lowest BCUT2D eigenvalue weighted by atomic mass is 10.1. The highest BCUT2D eigenvalue weighted by Crippen LogP contribution is 2.29. The van der Waals surface area contributed by atoms with Gasteiger partial charge in [0.1, 0.15) is 11.5 Å². The monoisotopic (exact) mass is 275 g/mol. The number of hydrogen-bond acceptors (Lipinski definition) is 2. The van der Waals surface area contributed by atoms with Gasteiger partial charge in [-0.25, -0.2) is 0 Å². The molecule has 0 fully saturated rings. The first kappa shape index (κ1) is 13.9. The summed E-state index contributed by atoms with van der Waals surface area (Å²) >= 11 is 6.05. The van der Waals surface area contributed by atoms with Crippen molar-refractivity contribution in [3.63, 3.8) is 0 Å². The quantitative estimate of drug-likeness (QED) is 0.889. The van der Waals surface area contributed by atoms with E-state index in [1.807, 2.05) is 37.4 Å². The molecule has 2 aromatic carbocycles. The van der Waals surface area contributed by atoms with Crippen molar-refractivity contribution in [3.8, 4) is 11.5 Å². The van der Waals surface area contributed by atoms with Crippen LogP contribution in [0.4, 0.5) is 0 Å². The Bertz CT molecular complexity index is 561. The Morgan fingerprint density at radius 3 is 2.37 bits per heavy atom. The zero-order valence-corrected chi connectivity index (χ0v) is 12.2. The van der Waals surface area contributed by atoms with E-state index >= 15 is 0 Å². The fourth-order valence-corrected chi connectivity index (χ4v) is 2.24. The molecule has 0 aliphatic rings. The van der Waals surface area contributed by atoms with E-state index in [4.69, 9.17) is 16.3 Å². The van der Waals surface area contributed by atoms with Gasteiger partial charge < -0.3 is 10.1 Å². The number of benzene rings is 2. The maximum Gasteiger partial charge on any atom is 0.133 e. The summed E-state index contributed by atoms with van der Waals surface area (Å²) in [5, 5.41) is 3.81. The summed E-state index contributed by atoms with van der Waals surface area (Å²) in [7, 11) is 1.91. The molecule has 0 aromatic heterocycles. The van der Waals surface area contributed by atoms with Crippen LogP contribution in [0.1, 0.15) is 16.7 Å². The molecule has 0 aliphatic heterocycles. The second-order valence-electron chi connectivity index (χ2n) is 4.71. The van der Waals surface area contributed by atoms with Crippen LogP contribution in [0, 0.1) is 13.8 Å². The predicted octanol–water partition coefficient (Wildman–Crippen LogP) is 4.47. The van der Waals surface area contributed by atoms with E-state index in [0.717, 1.165) is 23.6 Å². The zero-order chi connectivity index (χ0) is 13.8. The van der Waals surface area contributed by atoms with Gasteiger partial charge in [0.05, 0.1) is 0 Å². The largest absolute Gasteiger partial charge is 0.457 e. The molecule has 0 bridgehead atoms. The Morgan fingerprint density at radius 1 is 1.05 bits per heavy atom. The topological polar surface area (TPSA) is 21.3 Å². The van der Waals surface area contributed by atoms with Crippen LogP contribution in [0.3, 0.4) is 0 Å². The minimum Gasteiger partial charge on any atom is -0.457 e. The molecule has 2 nitrogen and oxygen atoms in total. The average Bonchev–Trinajstić information content (AvgIpc) is 2.31. The molecule has 0 aliphatic carbocycles. The van der Waals surface area contributed by atoms with Crippen molar-refractivity contribution in [2.45, 2.75) is 20.4 Å². The van der Waals surface area contributed by atoms with Gasteiger partial charge in [0.25, 0.3) is 0 Å². The molecule has 0 saturated heterocycles. The van der Waals surface area contributed by atoms with Crippen molar-refractivity contribution < 1.29 is 4.74 Å². The smallest absolute Gasteiger partial charge is 0.133 e. The van der Waals surface area contributed by atoms with E-state index in [1.165, 1.54) is 11.1 Å². The second-order valence-corrected chi connectivity index (χ2v) is 5.14. The lowest BCUT2D eigenvalue weighted by molar-refractivity contribution is 0.473. The molecule has 19 heavy (non-hydrogen) atoms. The summed E-state index contributed by atoms with van der Waals surface area (Å²) in [6, 6.07) is 11.9. The molecule has 0 spiro atoms. The first-order chi connectivity index (χ1) is 9.08. The predicted molar refractivity (Wildman–Crippen MR) is 80.2 cm³/mol. The fraction of sp³-hybridized carbons (Fsp3) is 0.250. The first-order valence-electron chi connectivity index (χ1n) is 6.27. The van der Waals surface area contributed by atoms with Crippen molar-refractivity contribution in [3.05, 3.63) is 58.1 Å². The second kappa shape index (κ2) is 6.09. The highest BCUT2D eigenvalue weighted by atomic mass is 35.5. The molecule has 1 N–H and O–H groups in total. The minimum atomic E-state index is 0.680. The molecule has 0 saturated carbocycles. The molecular formula is C16H18ClNO. The van der Waals surface area contributed by atoms with Crippen molar-refractivity contribution in [1.29, 1.82) is 0 Å². The number of nitrogens with one attached hydrogen (secondary N) is 1. The number of rotatable bonds is 4. The van der Waals surface area contributed by atoms with Crippen molar-refractivity contribution in [2.24, 2.45) is 0 Å². The highest BCUT2D eigenvalue weighted by molar-refractivity contribution is 6.30. The van der Waals surface area contributed by atoms with Crippen LogP contribution in [-0.4, -0.2) is 7.05 Å². The summed E-state index contributed by atoms with van der Waals surface area (Å²) < 4.78 is 5.98. The van der Waals surface area contributed by atoms with Crippen LogP contribution in [0.5, 0.6) is 11.5 Å². The van der Waals surface area contributed by atoms with Gasteiger partial charge in [-0.3, -0.25) is 0 Å². The minimum absolute atomic E-state index is 0.680. The van der Waals surface area contributed by atoms with E-state index in [0.29, 0.717) is 5.02 Å². The molecule has 0 amide bonds. The Hall–Kier alpha value is -1.51. The Morgan fingerprint density at radius 2 is 1.74 bits per heavy atom. The normalized spacial score (nSPS) is 10.5. The molecule has 0 unspecified atom stereocenters. The van der Waals surface area contributed by atoms with Crippen LogP contribution in [0.2, 0.25) is 5.02 Å². The Kier molecular flexibility index (Phi) is 4.46. The molecule has 2 rings (SSSR count). The third-order valence-corrected chi connectivity index (χ3v) is 3.05. The third kappa shape index (κ3) is 3.72. The van der Waals surface area contributed by atoms with E-state index < -0.39 is 0 Å². The molecule has 100 valence electrons. The lowest BCUT2D eigenvalue weighted by Crippen LogP contribution is -2.06. The average molecular weight is 276 g/mol. The van der Waals surface area contributed by atoms with Gasteiger partial charge in [0.15, 0.2) is 0 Å². The van der Waals surface area contributed by atoms with Gasteiger partial charge in [-0.1, -0.05) is 23.7 Å². The van der Waals surface area contributed by atoms with Gasteiger partial charge >= 0.3 is 0 Å². The zero-order valence-electron chi connectivity index (χ0n) is 11.5. The Labute approximate surface area is 119 Å². The third-order valence-electron chi connectivity index (χ3n) is 2.82. The van der Waals surface area contributed by atoms with E-state index in [-0.39, 0.29) is 0 Å². The SMILES string of the molecule is CNCc1ccc(Cl)cc1Oc1cc(C)cc(C)c1. The van der Waals surface area contributed by atoms with Crippen molar-refractivity contribution in [2.75, 3.05) is 7.05 Å². The van der Waals surface area contributed by atoms with Gasteiger partial charge in [-0.15, -0.1) is 0 Å². The number of ether oxygens (including phenoxy) is 1. The number of hydrogen-bond donors (Lipinski definition) is 1. The van der Waals surface area contributed by atoms with Crippen LogP contribution in [0.15, 0.2) is 36.4 Å². The van der Waals surface area contributed by atoms with E-state index in [1.54, 1.807) is 0 Å². The van der Waals surface area contributed by atoms with Crippen LogP contribution >= 0.6 is 11.6 Å². The summed E-state index contributed by atoms with van der Waals surface area (Å²) in [6.45, 7) is 4.87. The van der Waals surface area contributed by atoms with E-state index in [2.05, 4.69) is 25.2 Å². The van der Waals surface area contributed by atoms with Crippen LogP contribution < -0.4 is 10.1 Å². The molecule has 0 heterocycles. The van der Waals surface area contributed by atoms with Crippen LogP contribution in [-0.2, 0) is 6.54 Å². The van der Waals surface area contributed by atoms with Crippen LogP contribution in [0.25, 0.3) is 0 Å². The van der Waals surface area contributed by atoms with Gasteiger partial charge in [-0.2, -0.15) is 0 Å². The summed E-state index contributed by atoms with van der Waals surface area (Å²) in [6.07, 6.45) is 0. The Balaban J connectivity index is 2.33. The molecule has 0 atom stereocenters. The van der Waals surface area contributed by atoms with Gasteiger partial charge in [0.2, 0.25) is 0 Å². The van der Waals surface area contributed by atoms with Gasteiger partial charge in [-0.05, 0) is 56.3 Å². The number of aryl methyl sites for hydroxylation is 2. The lowest BCUT2D eigenvalue weighted by Gasteiger charge is -2.12. The summed E-state index contributed by atoms with van der Waals surface area (Å²) in [4.78, 5) is 0. The summed E-state index contributed by atoms with van der Waals surface area (Å²) in [5.74, 6) is 1.64. The fourth-order valence-electron chi connectivity index (χ4n) is 2.08. The maximum atomic E-state index is 6.05. The molecular weight excluding hydrogens is 258 g/mol. The maximum absolute atomic E-state index is 6.05. The molecule has 2 aromatic rings. The highest BCUT2D eigenvalue weighted by Gasteiger charge is 2.06. The molecule has 3 heteroatoms. The number of halogens is 1. The standard InChI is InChI=1S/C16H18ClNO/c1-11-6-12(2)8-15(7-11)19-16-9-14(17)5-4-13(16)10-18-3/h4-9,18H,10H2,1-3H3. The molecule has 0 radical (unpaired) electrons. The summed E-state index contributed by atoms with van der Waals surface area (Å²) in [5.41, 5.74) is 3.46. The first-order valence-corrected chi connectivity index (χ1v) is 6.65. The van der Waals surface area contributed by atoms with Crippen molar-refractivity contribution >= 4 is 11.6 Å².